The summed E-state index contributed by atoms with van der Waals surface area (Å²) in [6.07, 6.45) is -0.152. The Hall–Kier alpha value is -2.63. The number of esters is 1. The molecule has 6 nitrogen and oxygen atoms in total. The van der Waals surface area contributed by atoms with E-state index < -0.39 is 11.5 Å². The van der Waals surface area contributed by atoms with Gasteiger partial charge in [-0.15, -0.1) is 0 Å². The molecule has 0 atom stereocenters. The van der Waals surface area contributed by atoms with Crippen molar-refractivity contribution in [1.82, 2.24) is 9.78 Å². The van der Waals surface area contributed by atoms with E-state index in [4.69, 9.17) is 0 Å². The second-order valence-corrected chi connectivity index (χ2v) is 4.25. The van der Waals surface area contributed by atoms with Crippen LogP contribution in [0.15, 0.2) is 35.1 Å². The summed E-state index contributed by atoms with van der Waals surface area (Å²) in [6, 6.07) is 8.82. The number of carbonyl (C=O) groups excluding carboxylic acids is 2. The van der Waals surface area contributed by atoms with Crippen LogP contribution in [0.1, 0.15) is 23.0 Å². The molecule has 0 bridgehead atoms. The van der Waals surface area contributed by atoms with Crippen molar-refractivity contribution < 1.29 is 14.3 Å². The lowest BCUT2D eigenvalue weighted by atomic mass is 10.1. The van der Waals surface area contributed by atoms with Crippen LogP contribution in [0.2, 0.25) is 0 Å². The fraction of sp³-hybridized carbons (Fsp3) is 0.214. The number of benzene rings is 1. The van der Waals surface area contributed by atoms with Crippen LogP contribution in [0.3, 0.4) is 0 Å². The molecule has 0 fully saturated rings. The number of para-hydroxylation sites is 1. The summed E-state index contributed by atoms with van der Waals surface area (Å²) in [4.78, 5) is 35.2. The lowest BCUT2D eigenvalue weighted by Crippen LogP contribution is -2.19. The predicted molar refractivity (Wildman–Crippen MR) is 72.1 cm³/mol. The third kappa shape index (κ3) is 2.54. The van der Waals surface area contributed by atoms with E-state index in [1.807, 2.05) is 6.07 Å². The van der Waals surface area contributed by atoms with Crippen LogP contribution in [0.5, 0.6) is 0 Å². The highest BCUT2D eigenvalue weighted by molar-refractivity contribution is 5.96. The van der Waals surface area contributed by atoms with Crippen molar-refractivity contribution >= 4 is 11.8 Å². The zero-order valence-electron chi connectivity index (χ0n) is 11.2. The van der Waals surface area contributed by atoms with Crippen molar-refractivity contribution in [2.24, 2.45) is 0 Å². The lowest BCUT2D eigenvalue weighted by molar-refractivity contribution is -0.139. The maximum Gasteiger partial charge on any atom is 0.311 e. The summed E-state index contributed by atoms with van der Waals surface area (Å²) in [6.45, 7) is 1.29. The van der Waals surface area contributed by atoms with Crippen LogP contribution < -0.4 is 5.56 Å². The number of rotatable bonds is 4. The molecule has 0 aliphatic carbocycles. The monoisotopic (exact) mass is 274 g/mol. The molecule has 0 saturated carbocycles. The Bertz CT molecular complexity index is 698. The van der Waals surface area contributed by atoms with Crippen molar-refractivity contribution in [2.45, 2.75) is 13.3 Å². The first kappa shape index (κ1) is 13.8. The van der Waals surface area contributed by atoms with Crippen LogP contribution in [0, 0.1) is 0 Å². The maximum atomic E-state index is 12.3. The quantitative estimate of drug-likeness (QED) is 0.668. The van der Waals surface area contributed by atoms with Crippen molar-refractivity contribution in [3.8, 4) is 5.69 Å². The summed E-state index contributed by atoms with van der Waals surface area (Å²) in [5.41, 5.74) is 0.371. The van der Waals surface area contributed by atoms with Gasteiger partial charge in [0, 0.05) is 0 Å². The van der Waals surface area contributed by atoms with Crippen LogP contribution in [0.25, 0.3) is 5.69 Å². The van der Waals surface area contributed by atoms with Crippen molar-refractivity contribution in [3.05, 3.63) is 51.9 Å². The molecule has 104 valence electrons. The number of aromatic nitrogens is 2. The molecule has 1 aromatic heterocycles. The van der Waals surface area contributed by atoms with Gasteiger partial charge in [0.05, 0.1) is 24.9 Å². The lowest BCUT2D eigenvalue weighted by Gasteiger charge is -2.01. The number of H-pyrrole nitrogens is 1. The van der Waals surface area contributed by atoms with Crippen molar-refractivity contribution in [2.75, 3.05) is 7.11 Å². The fourth-order valence-electron chi connectivity index (χ4n) is 1.95. The number of hydrogen-bond donors (Lipinski definition) is 1. The number of ketones is 1. The first-order valence-corrected chi connectivity index (χ1v) is 6.01. The molecule has 0 amide bonds. The number of nitrogens with one attached hydrogen (secondary N) is 1. The van der Waals surface area contributed by atoms with Gasteiger partial charge in [0.15, 0.2) is 5.78 Å². The second-order valence-electron chi connectivity index (χ2n) is 4.25. The highest BCUT2D eigenvalue weighted by atomic mass is 16.5. The fourth-order valence-corrected chi connectivity index (χ4v) is 1.95. The van der Waals surface area contributed by atoms with Crippen LogP contribution >= 0.6 is 0 Å². The number of carbonyl (C=O) groups is 2. The van der Waals surface area contributed by atoms with E-state index >= 15 is 0 Å². The minimum atomic E-state index is -0.519. The molecule has 0 aliphatic heterocycles. The van der Waals surface area contributed by atoms with Gasteiger partial charge >= 0.3 is 5.97 Å². The Morgan fingerprint density at radius 3 is 2.45 bits per heavy atom. The van der Waals surface area contributed by atoms with Crippen molar-refractivity contribution in [3.63, 3.8) is 0 Å². The number of hydrogen-bond acceptors (Lipinski definition) is 4. The highest BCUT2D eigenvalue weighted by Crippen LogP contribution is 2.09. The average Bonchev–Trinajstić information content (AvgIpc) is 2.76. The molecule has 1 N–H and O–H groups in total. The third-order valence-electron chi connectivity index (χ3n) is 2.88. The SMILES string of the molecule is COC(=O)Cc1[nH]n(-c2ccccc2)c(=O)c1C(C)=O. The molecule has 0 unspecified atom stereocenters. The Balaban J connectivity index is 2.56. The highest BCUT2D eigenvalue weighted by Gasteiger charge is 2.20. The van der Waals surface area contributed by atoms with Gasteiger partial charge in [-0.05, 0) is 19.1 Å². The van der Waals surface area contributed by atoms with Gasteiger partial charge in [0.2, 0.25) is 0 Å². The summed E-state index contributed by atoms with van der Waals surface area (Å²) in [5, 5.41) is 2.80. The molecule has 1 aromatic carbocycles. The van der Waals surface area contributed by atoms with Gasteiger partial charge in [-0.25, -0.2) is 4.68 Å². The molecule has 0 radical (unpaired) electrons. The number of Topliss-reactive ketones (excluding diaryl/α,β-unsaturated/α-hetero) is 1. The van der Waals surface area contributed by atoms with E-state index in [0.717, 1.165) is 0 Å². The number of ether oxygens (including phenoxy) is 1. The van der Waals surface area contributed by atoms with E-state index in [1.165, 1.54) is 18.7 Å². The topological polar surface area (TPSA) is 81.2 Å². The largest absolute Gasteiger partial charge is 0.469 e. The molecular weight excluding hydrogens is 260 g/mol. The summed E-state index contributed by atoms with van der Waals surface area (Å²) < 4.78 is 5.81. The summed E-state index contributed by atoms with van der Waals surface area (Å²) in [5.74, 6) is -0.909. The van der Waals surface area contributed by atoms with Crippen molar-refractivity contribution in [1.29, 1.82) is 0 Å². The molecular formula is C14H14N2O4. The van der Waals surface area contributed by atoms with E-state index in [1.54, 1.807) is 24.3 Å². The summed E-state index contributed by atoms with van der Waals surface area (Å²) >= 11 is 0. The van der Waals surface area contributed by atoms with E-state index in [-0.39, 0.29) is 23.5 Å². The standard InChI is InChI=1S/C14H14N2O4/c1-9(17)13-11(8-12(18)20-2)15-16(14(13)19)10-6-4-3-5-7-10/h3-7,15H,8H2,1-2H3. The summed E-state index contributed by atoms with van der Waals surface area (Å²) in [7, 11) is 1.25. The number of nitrogens with zero attached hydrogens (tertiary/aromatic N) is 1. The van der Waals surface area contributed by atoms with Crippen LogP contribution in [-0.2, 0) is 16.0 Å². The maximum absolute atomic E-state index is 12.3. The molecule has 0 aliphatic rings. The van der Waals surface area contributed by atoms with E-state index in [2.05, 4.69) is 9.84 Å². The average molecular weight is 274 g/mol. The molecule has 0 saturated heterocycles. The van der Waals surface area contributed by atoms with Crippen LogP contribution in [-0.4, -0.2) is 28.6 Å². The Kier molecular flexibility index (Phi) is 3.84. The first-order valence-electron chi connectivity index (χ1n) is 6.01. The van der Waals surface area contributed by atoms with E-state index in [0.29, 0.717) is 5.69 Å². The zero-order chi connectivity index (χ0) is 14.7. The van der Waals surface area contributed by atoms with Crippen LogP contribution in [0.4, 0.5) is 0 Å². The first-order chi connectivity index (χ1) is 9.54. The Morgan fingerprint density at radius 2 is 1.90 bits per heavy atom. The normalized spacial score (nSPS) is 10.3. The van der Waals surface area contributed by atoms with Gasteiger partial charge in [-0.1, -0.05) is 18.2 Å². The molecule has 2 rings (SSSR count). The number of aromatic amines is 1. The molecule has 2 aromatic rings. The second kappa shape index (κ2) is 5.56. The third-order valence-corrected chi connectivity index (χ3v) is 2.88. The van der Waals surface area contributed by atoms with Gasteiger partial charge in [0.25, 0.3) is 5.56 Å². The molecule has 20 heavy (non-hydrogen) atoms. The van der Waals surface area contributed by atoms with E-state index in [9.17, 15) is 14.4 Å². The Labute approximate surface area is 115 Å². The molecule has 0 spiro atoms. The number of methoxy groups -OCH3 is 1. The van der Waals surface area contributed by atoms with Gasteiger partial charge in [-0.3, -0.25) is 19.5 Å². The smallest absolute Gasteiger partial charge is 0.311 e. The predicted octanol–water partition coefficient (Wildman–Crippen LogP) is 1.08. The van der Waals surface area contributed by atoms with Gasteiger partial charge in [-0.2, -0.15) is 0 Å². The Morgan fingerprint density at radius 1 is 1.25 bits per heavy atom. The molecule has 6 heteroatoms. The minimum absolute atomic E-state index is 0.0146. The minimum Gasteiger partial charge on any atom is -0.469 e. The molecule has 1 heterocycles. The van der Waals surface area contributed by atoms with Gasteiger partial charge < -0.3 is 4.74 Å². The zero-order valence-corrected chi connectivity index (χ0v) is 11.2. The van der Waals surface area contributed by atoms with Gasteiger partial charge in [0.1, 0.15) is 5.56 Å².